The van der Waals surface area contributed by atoms with Gasteiger partial charge in [-0.2, -0.15) is 5.10 Å². The van der Waals surface area contributed by atoms with Crippen molar-refractivity contribution in [2.45, 2.75) is 32.0 Å². The lowest BCUT2D eigenvalue weighted by Crippen LogP contribution is -2.39. The summed E-state index contributed by atoms with van der Waals surface area (Å²) >= 11 is 0. The zero-order valence-corrected chi connectivity index (χ0v) is 15.4. The first kappa shape index (κ1) is 17.8. The van der Waals surface area contributed by atoms with E-state index in [9.17, 15) is 5.11 Å². The van der Waals surface area contributed by atoms with Crippen LogP contribution in [-0.4, -0.2) is 47.2 Å². The van der Waals surface area contributed by atoms with Crippen molar-refractivity contribution in [2.75, 3.05) is 19.7 Å². The Kier molecular flexibility index (Phi) is 5.27. The van der Waals surface area contributed by atoms with E-state index in [0.717, 1.165) is 40.9 Å². The van der Waals surface area contributed by atoms with Crippen molar-refractivity contribution < 1.29 is 14.6 Å². The maximum atomic E-state index is 10.2. The molecule has 2 aromatic carbocycles. The number of fused-ring (bicyclic) bond motifs is 2. The van der Waals surface area contributed by atoms with Crippen LogP contribution < -0.4 is 14.8 Å². The summed E-state index contributed by atoms with van der Waals surface area (Å²) in [5.41, 5.74) is 3.10. The van der Waals surface area contributed by atoms with Gasteiger partial charge in [0.05, 0.1) is 10.9 Å². The summed E-state index contributed by atoms with van der Waals surface area (Å²) in [6.07, 6.45) is 1.55. The molecule has 27 heavy (non-hydrogen) atoms. The van der Waals surface area contributed by atoms with Crippen molar-refractivity contribution in [2.24, 2.45) is 0 Å². The molecule has 1 aliphatic heterocycles. The molecule has 3 aromatic rings. The van der Waals surface area contributed by atoms with Gasteiger partial charge in [0, 0.05) is 18.8 Å². The predicted octanol–water partition coefficient (Wildman–Crippen LogP) is 2.59. The molecule has 0 saturated carbocycles. The first-order chi connectivity index (χ1) is 13.2. The second-order valence-electron chi connectivity index (χ2n) is 7.01. The Labute approximate surface area is 158 Å². The average molecular weight is 367 g/mol. The average Bonchev–Trinajstić information content (AvgIpc) is 3.08. The summed E-state index contributed by atoms with van der Waals surface area (Å²) < 4.78 is 11.8. The largest absolute Gasteiger partial charge is 0.490 e. The van der Waals surface area contributed by atoms with Gasteiger partial charge in [0.25, 0.3) is 0 Å². The SMILES string of the molecule is Cc1[nH]nc2cccc(OC[C@@H](O)CNCC3CCc4ccccc4O3)c12. The van der Waals surface area contributed by atoms with Gasteiger partial charge in [0.1, 0.15) is 30.3 Å². The molecule has 0 radical (unpaired) electrons. The van der Waals surface area contributed by atoms with E-state index in [0.29, 0.717) is 13.1 Å². The minimum Gasteiger partial charge on any atom is -0.490 e. The van der Waals surface area contributed by atoms with Crippen LogP contribution in [-0.2, 0) is 6.42 Å². The van der Waals surface area contributed by atoms with Crippen molar-refractivity contribution in [3.8, 4) is 11.5 Å². The number of H-pyrrole nitrogens is 1. The molecular weight excluding hydrogens is 342 g/mol. The Bertz CT molecular complexity index is 909. The molecule has 0 spiro atoms. The maximum Gasteiger partial charge on any atom is 0.130 e. The molecule has 2 heterocycles. The molecule has 2 atom stereocenters. The normalized spacial score (nSPS) is 17.3. The van der Waals surface area contributed by atoms with E-state index in [-0.39, 0.29) is 12.7 Å². The van der Waals surface area contributed by atoms with Crippen LogP contribution in [0.25, 0.3) is 10.9 Å². The highest BCUT2D eigenvalue weighted by molar-refractivity contribution is 5.87. The molecule has 4 rings (SSSR count). The lowest BCUT2D eigenvalue weighted by molar-refractivity contribution is 0.101. The molecule has 1 aliphatic rings. The molecule has 6 nitrogen and oxygen atoms in total. The van der Waals surface area contributed by atoms with E-state index in [1.54, 1.807) is 0 Å². The van der Waals surface area contributed by atoms with Gasteiger partial charge in [0.2, 0.25) is 0 Å². The second kappa shape index (κ2) is 7.98. The summed E-state index contributed by atoms with van der Waals surface area (Å²) in [6.45, 7) is 3.36. The number of hydrogen-bond acceptors (Lipinski definition) is 5. The number of aromatic nitrogens is 2. The maximum absolute atomic E-state index is 10.2. The Morgan fingerprint density at radius 2 is 2.19 bits per heavy atom. The fourth-order valence-corrected chi connectivity index (χ4v) is 3.49. The summed E-state index contributed by atoms with van der Waals surface area (Å²) in [6, 6.07) is 13.9. The van der Waals surface area contributed by atoms with Crippen LogP contribution in [0.1, 0.15) is 17.7 Å². The number of aryl methyl sites for hydroxylation is 2. The van der Waals surface area contributed by atoms with E-state index < -0.39 is 6.10 Å². The lowest BCUT2D eigenvalue weighted by Gasteiger charge is -2.26. The number of nitrogens with one attached hydrogen (secondary N) is 2. The quantitative estimate of drug-likeness (QED) is 0.598. The van der Waals surface area contributed by atoms with Crippen LogP contribution in [0.3, 0.4) is 0 Å². The van der Waals surface area contributed by atoms with Crippen LogP contribution in [0, 0.1) is 6.92 Å². The summed E-state index contributed by atoms with van der Waals surface area (Å²) in [5, 5.41) is 21.7. The van der Waals surface area contributed by atoms with Crippen LogP contribution in [0.2, 0.25) is 0 Å². The zero-order chi connectivity index (χ0) is 18.6. The Morgan fingerprint density at radius 1 is 1.30 bits per heavy atom. The van der Waals surface area contributed by atoms with Gasteiger partial charge < -0.3 is 19.9 Å². The number of hydrogen-bond donors (Lipinski definition) is 3. The smallest absolute Gasteiger partial charge is 0.130 e. The number of ether oxygens (including phenoxy) is 2. The molecule has 142 valence electrons. The van der Waals surface area contributed by atoms with E-state index in [4.69, 9.17) is 9.47 Å². The number of aromatic amines is 1. The van der Waals surface area contributed by atoms with Crippen LogP contribution in [0.5, 0.6) is 11.5 Å². The fourth-order valence-electron chi connectivity index (χ4n) is 3.49. The van der Waals surface area contributed by atoms with E-state index >= 15 is 0 Å². The van der Waals surface area contributed by atoms with E-state index in [2.05, 4.69) is 21.6 Å². The number of benzene rings is 2. The molecule has 0 fully saturated rings. The third kappa shape index (κ3) is 4.07. The standard InChI is InChI=1S/C21H25N3O3/c1-14-21-18(24-23-14)6-4-8-20(21)26-13-16(25)11-22-12-17-10-9-15-5-2-3-7-19(15)27-17/h2-8,16-17,22,25H,9-13H2,1H3,(H,23,24)/t16-,17?/m0/s1. The van der Waals surface area contributed by atoms with Crippen LogP contribution >= 0.6 is 0 Å². The lowest BCUT2D eigenvalue weighted by atomic mass is 10.0. The van der Waals surface area contributed by atoms with Gasteiger partial charge in [-0.15, -0.1) is 0 Å². The van der Waals surface area contributed by atoms with Crippen molar-refractivity contribution in [3.05, 3.63) is 53.7 Å². The van der Waals surface area contributed by atoms with Gasteiger partial charge in [0.15, 0.2) is 0 Å². The zero-order valence-electron chi connectivity index (χ0n) is 15.4. The molecule has 6 heteroatoms. The Hall–Kier alpha value is -2.57. The minimum absolute atomic E-state index is 0.135. The summed E-state index contributed by atoms with van der Waals surface area (Å²) in [4.78, 5) is 0. The van der Waals surface area contributed by atoms with Gasteiger partial charge in [-0.1, -0.05) is 24.3 Å². The highest BCUT2D eigenvalue weighted by Crippen LogP contribution is 2.27. The number of aliphatic hydroxyl groups excluding tert-OH is 1. The number of para-hydroxylation sites is 1. The fraction of sp³-hybridized carbons (Fsp3) is 0.381. The Balaban J connectivity index is 1.23. The molecule has 1 aromatic heterocycles. The minimum atomic E-state index is -0.594. The van der Waals surface area contributed by atoms with Crippen LogP contribution in [0.15, 0.2) is 42.5 Å². The van der Waals surface area contributed by atoms with Crippen molar-refractivity contribution in [1.82, 2.24) is 15.5 Å². The third-order valence-electron chi connectivity index (χ3n) is 4.91. The summed E-state index contributed by atoms with van der Waals surface area (Å²) in [5.74, 6) is 1.72. The monoisotopic (exact) mass is 367 g/mol. The predicted molar refractivity (Wildman–Crippen MR) is 104 cm³/mol. The first-order valence-electron chi connectivity index (χ1n) is 9.40. The van der Waals surface area contributed by atoms with Gasteiger partial charge in [-0.05, 0) is 43.5 Å². The van der Waals surface area contributed by atoms with Crippen molar-refractivity contribution in [1.29, 1.82) is 0 Å². The van der Waals surface area contributed by atoms with Gasteiger partial charge in [-0.25, -0.2) is 0 Å². The van der Waals surface area contributed by atoms with Crippen molar-refractivity contribution in [3.63, 3.8) is 0 Å². The topological polar surface area (TPSA) is 79.4 Å². The van der Waals surface area contributed by atoms with Crippen molar-refractivity contribution >= 4 is 10.9 Å². The number of aliphatic hydroxyl groups is 1. The van der Waals surface area contributed by atoms with E-state index in [1.807, 2.05) is 43.3 Å². The molecule has 0 bridgehead atoms. The molecule has 0 aliphatic carbocycles. The molecule has 0 saturated heterocycles. The third-order valence-corrected chi connectivity index (χ3v) is 4.91. The highest BCUT2D eigenvalue weighted by Gasteiger charge is 2.19. The molecule has 3 N–H and O–H groups in total. The molecule has 0 amide bonds. The number of nitrogens with zero attached hydrogens (tertiary/aromatic N) is 1. The highest BCUT2D eigenvalue weighted by atomic mass is 16.5. The van der Waals surface area contributed by atoms with E-state index in [1.165, 1.54) is 5.56 Å². The van der Waals surface area contributed by atoms with Gasteiger partial charge >= 0.3 is 0 Å². The first-order valence-corrected chi connectivity index (χ1v) is 9.40. The second-order valence-corrected chi connectivity index (χ2v) is 7.01. The number of rotatable bonds is 7. The summed E-state index contributed by atoms with van der Waals surface area (Å²) in [7, 11) is 0. The van der Waals surface area contributed by atoms with Crippen LogP contribution in [0.4, 0.5) is 0 Å². The van der Waals surface area contributed by atoms with Gasteiger partial charge in [-0.3, -0.25) is 5.10 Å². The Morgan fingerprint density at radius 3 is 3.11 bits per heavy atom. The molecule has 1 unspecified atom stereocenters. The molecular formula is C21H25N3O3.